The molecule has 8 heteroatoms. The van der Waals surface area contributed by atoms with Gasteiger partial charge in [0.15, 0.2) is 0 Å². The van der Waals surface area contributed by atoms with Gasteiger partial charge in [0.2, 0.25) is 0 Å². The molecule has 0 unspecified atom stereocenters. The number of hydrogen-bond donors (Lipinski definition) is 0. The summed E-state index contributed by atoms with van der Waals surface area (Å²) in [5.41, 5.74) is 0.403. The number of carbonyl (C=O) groups is 2. The SMILES string of the molecule is COC(=O)c1cc(COC(=O)c2cccc([N+](=O)[O-])c2C)oc1C. The second-order valence-corrected chi connectivity index (χ2v) is 4.96. The predicted octanol–water partition coefficient (Wildman–Crippen LogP) is 2.95. The van der Waals surface area contributed by atoms with Crippen LogP contribution in [0.25, 0.3) is 0 Å². The number of nitro benzene ring substituents is 1. The highest BCUT2D eigenvalue weighted by molar-refractivity contribution is 5.92. The maximum atomic E-state index is 12.1. The summed E-state index contributed by atoms with van der Waals surface area (Å²) in [5.74, 6) is -0.656. The van der Waals surface area contributed by atoms with E-state index in [1.807, 2.05) is 0 Å². The summed E-state index contributed by atoms with van der Waals surface area (Å²) in [5, 5.41) is 10.9. The molecule has 1 aromatic heterocycles. The smallest absolute Gasteiger partial charge is 0.341 e. The van der Waals surface area contributed by atoms with Crippen LogP contribution in [0.1, 0.15) is 37.8 Å². The number of rotatable bonds is 5. The van der Waals surface area contributed by atoms with Gasteiger partial charge in [-0.2, -0.15) is 0 Å². The van der Waals surface area contributed by atoms with Crippen LogP contribution in [0.4, 0.5) is 5.69 Å². The summed E-state index contributed by atoms with van der Waals surface area (Å²) in [6.45, 7) is 2.85. The molecule has 0 bridgehead atoms. The normalized spacial score (nSPS) is 10.3. The molecule has 0 N–H and O–H groups in total. The highest BCUT2D eigenvalue weighted by Gasteiger charge is 2.20. The van der Waals surface area contributed by atoms with Crippen molar-refractivity contribution in [3.05, 3.63) is 62.6 Å². The van der Waals surface area contributed by atoms with Crippen molar-refractivity contribution in [2.75, 3.05) is 7.11 Å². The van der Waals surface area contributed by atoms with Crippen molar-refractivity contribution in [2.45, 2.75) is 20.5 Å². The first kappa shape index (κ1) is 17.2. The Balaban J connectivity index is 2.13. The Morgan fingerprint density at radius 2 is 1.92 bits per heavy atom. The van der Waals surface area contributed by atoms with E-state index in [9.17, 15) is 19.7 Å². The molecule has 1 aromatic carbocycles. The van der Waals surface area contributed by atoms with E-state index in [0.29, 0.717) is 5.76 Å². The number of nitro groups is 1. The molecular formula is C16H15NO7. The largest absolute Gasteiger partial charge is 0.465 e. The topological polar surface area (TPSA) is 109 Å². The Hall–Kier alpha value is -3.16. The van der Waals surface area contributed by atoms with Crippen LogP contribution < -0.4 is 0 Å². The lowest BCUT2D eigenvalue weighted by atomic mass is 10.1. The van der Waals surface area contributed by atoms with Crippen molar-refractivity contribution < 1.29 is 28.4 Å². The number of benzene rings is 1. The summed E-state index contributed by atoms with van der Waals surface area (Å²) in [6.07, 6.45) is 0. The van der Waals surface area contributed by atoms with E-state index < -0.39 is 16.9 Å². The minimum Gasteiger partial charge on any atom is -0.465 e. The van der Waals surface area contributed by atoms with Crippen LogP contribution in [-0.4, -0.2) is 24.0 Å². The van der Waals surface area contributed by atoms with Crippen molar-refractivity contribution >= 4 is 17.6 Å². The molecule has 0 fully saturated rings. The predicted molar refractivity (Wildman–Crippen MR) is 81.7 cm³/mol. The molecule has 0 spiro atoms. The third-order valence-electron chi connectivity index (χ3n) is 3.44. The summed E-state index contributed by atoms with van der Waals surface area (Å²) in [4.78, 5) is 34.0. The van der Waals surface area contributed by atoms with Gasteiger partial charge in [-0.15, -0.1) is 0 Å². The van der Waals surface area contributed by atoms with Gasteiger partial charge < -0.3 is 13.9 Å². The van der Waals surface area contributed by atoms with E-state index in [1.165, 1.54) is 38.3 Å². The quantitative estimate of drug-likeness (QED) is 0.470. The zero-order valence-electron chi connectivity index (χ0n) is 13.3. The van der Waals surface area contributed by atoms with Crippen LogP contribution in [0.3, 0.4) is 0 Å². The molecule has 0 amide bonds. The maximum Gasteiger partial charge on any atom is 0.341 e. The van der Waals surface area contributed by atoms with Crippen molar-refractivity contribution in [1.82, 2.24) is 0 Å². The first-order chi connectivity index (χ1) is 11.3. The zero-order chi connectivity index (χ0) is 17.9. The number of carbonyl (C=O) groups excluding carboxylic acids is 2. The fraction of sp³-hybridized carbons (Fsp3) is 0.250. The van der Waals surface area contributed by atoms with Crippen LogP contribution in [0, 0.1) is 24.0 Å². The molecule has 8 nitrogen and oxygen atoms in total. The molecular weight excluding hydrogens is 318 g/mol. The fourth-order valence-corrected chi connectivity index (χ4v) is 2.18. The maximum absolute atomic E-state index is 12.1. The first-order valence-corrected chi connectivity index (χ1v) is 6.94. The number of ether oxygens (including phenoxy) is 2. The van der Waals surface area contributed by atoms with Gasteiger partial charge in [0, 0.05) is 11.6 Å². The monoisotopic (exact) mass is 333 g/mol. The molecule has 0 saturated carbocycles. The Morgan fingerprint density at radius 1 is 1.21 bits per heavy atom. The Labute approximate surface area is 137 Å². The van der Waals surface area contributed by atoms with Gasteiger partial charge in [0.25, 0.3) is 5.69 Å². The summed E-state index contributed by atoms with van der Waals surface area (Å²) < 4.78 is 15.0. The number of methoxy groups -OCH3 is 1. The average Bonchev–Trinajstić information content (AvgIpc) is 2.92. The minimum absolute atomic E-state index is 0.0978. The number of hydrogen-bond acceptors (Lipinski definition) is 7. The van der Waals surface area contributed by atoms with E-state index in [2.05, 4.69) is 4.74 Å². The average molecular weight is 333 g/mol. The van der Waals surface area contributed by atoms with Crippen LogP contribution >= 0.6 is 0 Å². The van der Waals surface area contributed by atoms with Crippen LogP contribution in [-0.2, 0) is 16.1 Å². The lowest BCUT2D eigenvalue weighted by Gasteiger charge is -2.06. The minimum atomic E-state index is -0.718. The fourth-order valence-electron chi connectivity index (χ4n) is 2.18. The third-order valence-corrected chi connectivity index (χ3v) is 3.44. The van der Waals surface area contributed by atoms with Crippen molar-refractivity contribution in [3.8, 4) is 0 Å². The van der Waals surface area contributed by atoms with E-state index in [1.54, 1.807) is 6.92 Å². The highest BCUT2D eigenvalue weighted by atomic mass is 16.6. The molecule has 2 rings (SSSR count). The molecule has 2 aromatic rings. The molecule has 0 saturated heterocycles. The molecule has 0 aliphatic carbocycles. The summed E-state index contributed by atoms with van der Waals surface area (Å²) >= 11 is 0. The highest BCUT2D eigenvalue weighted by Crippen LogP contribution is 2.22. The second kappa shape index (κ2) is 6.95. The van der Waals surface area contributed by atoms with E-state index >= 15 is 0 Å². The van der Waals surface area contributed by atoms with E-state index in [4.69, 9.17) is 9.15 Å². The van der Waals surface area contributed by atoms with Gasteiger partial charge in [0.1, 0.15) is 23.7 Å². The van der Waals surface area contributed by atoms with Gasteiger partial charge in [0.05, 0.1) is 17.6 Å². The Bertz CT molecular complexity index is 807. The molecule has 0 aliphatic heterocycles. The van der Waals surface area contributed by atoms with Crippen LogP contribution in [0.5, 0.6) is 0 Å². The molecule has 0 aliphatic rings. The van der Waals surface area contributed by atoms with Gasteiger partial charge in [-0.3, -0.25) is 10.1 Å². The lowest BCUT2D eigenvalue weighted by Crippen LogP contribution is -2.08. The van der Waals surface area contributed by atoms with Crippen molar-refractivity contribution in [1.29, 1.82) is 0 Å². The first-order valence-electron chi connectivity index (χ1n) is 6.94. The molecule has 0 radical (unpaired) electrons. The Morgan fingerprint density at radius 3 is 2.54 bits per heavy atom. The number of esters is 2. The van der Waals surface area contributed by atoms with Gasteiger partial charge in [-0.25, -0.2) is 9.59 Å². The molecule has 1 heterocycles. The molecule has 0 atom stereocenters. The number of nitrogens with zero attached hydrogens (tertiary/aromatic N) is 1. The molecule has 24 heavy (non-hydrogen) atoms. The van der Waals surface area contributed by atoms with Gasteiger partial charge >= 0.3 is 11.9 Å². The third kappa shape index (κ3) is 3.43. The zero-order valence-corrected chi connectivity index (χ0v) is 13.3. The summed E-state index contributed by atoms with van der Waals surface area (Å²) in [7, 11) is 1.25. The Kier molecular flexibility index (Phi) is 4.98. The standard InChI is InChI=1S/C16H15NO7/c1-9-12(5-4-6-14(9)17(20)21)16(19)23-8-11-7-13(10(2)24-11)15(18)22-3/h4-7H,8H2,1-3H3. The summed E-state index contributed by atoms with van der Waals surface area (Å²) in [6, 6.07) is 5.59. The lowest BCUT2D eigenvalue weighted by molar-refractivity contribution is -0.385. The van der Waals surface area contributed by atoms with Gasteiger partial charge in [-0.05, 0) is 26.0 Å². The van der Waals surface area contributed by atoms with Crippen molar-refractivity contribution in [2.24, 2.45) is 0 Å². The molecule has 126 valence electrons. The van der Waals surface area contributed by atoms with Crippen molar-refractivity contribution in [3.63, 3.8) is 0 Å². The van der Waals surface area contributed by atoms with Gasteiger partial charge in [-0.1, -0.05) is 6.07 Å². The van der Waals surface area contributed by atoms with E-state index in [-0.39, 0.29) is 34.7 Å². The van der Waals surface area contributed by atoms with E-state index in [0.717, 1.165) is 0 Å². The van der Waals surface area contributed by atoms with Crippen LogP contribution in [0.15, 0.2) is 28.7 Å². The van der Waals surface area contributed by atoms with Crippen LogP contribution in [0.2, 0.25) is 0 Å². The number of furan rings is 1. The second-order valence-electron chi connectivity index (χ2n) is 4.96. The number of aryl methyl sites for hydroxylation is 1.